The van der Waals surface area contributed by atoms with Crippen LogP contribution in [0.15, 0.2) is 0 Å². The molecular weight excluding hydrogens is 236 g/mol. The van der Waals surface area contributed by atoms with Crippen LogP contribution in [0.5, 0.6) is 0 Å². The average molecular weight is 262 g/mol. The van der Waals surface area contributed by atoms with Crippen molar-refractivity contribution in [2.75, 3.05) is 12.9 Å². The quantitative estimate of drug-likeness (QED) is 0.731. The van der Waals surface area contributed by atoms with Crippen molar-refractivity contribution in [2.45, 2.75) is 53.4 Å². The Hall–Kier alpha value is -0.0900. The van der Waals surface area contributed by atoms with Crippen molar-refractivity contribution in [1.29, 1.82) is 0 Å². The first-order valence-electron chi connectivity index (χ1n) is 6.34. The highest BCUT2D eigenvalue weighted by atomic mass is 32.2. The van der Waals surface area contributed by atoms with Crippen molar-refractivity contribution >= 4 is 10.1 Å². The van der Waals surface area contributed by atoms with E-state index in [9.17, 15) is 8.42 Å². The molecule has 0 amide bonds. The molecule has 1 aliphatic carbocycles. The molecular formula is C13H26O3S. The monoisotopic (exact) mass is 262 g/mol. The molecule has 4 heteroatoms. The molecule has 0 aliphatic heterocycles. The lowest BCUT2D eigenvalue weighted by molar-refractivity contribution is 0.0579. The molecule has 0 aromatic rings. The van der Waals surface area contributed by atoms with E-state index in [1.807, 2.05) is 0 Å². The molecule has 1 saturated carbocycles. The molecule has 0 radical (unpaired) electrons. The van der Waals surface area contributed by atoms with Gasteiger partial charge in [-0.2, -0.15) is 8.42 Å². The number of hydrogen-bond acceptors (Lipinski definition) is 3. The zero-order chi connectivity index (χ0) is 13.3. The fourth-order valence-corrected chi connectivity index (χ4v) is 4.04. The zero-order valence-electron chi connectivity index (χ0n) is 11.7. The molecule has 0 unspecified atom stereocenters. The SMILES string of the molecule is CC1(C)CC(CCOS(C)(=O)=O)CC(C)(C)C1. The Morgan fingerprint density at radius 2 is 1.59 bits per heavy atom. The van der Waals surface area contributed by atoms with E-state index < -0.39 is 10.1 Å². The van der Waals surface area contributed by atoms with E-state index in [0.717, 1.165) is 12.7 Å². The first kappa shape index (κ1) is 15.0. The van der Waals surface area contributed by atoms with Crippen LogP contribution in [0.2, 0.25) is 0 Å². The lowest BCUT2D eigenvalue weighted by Gasteiger charge is -2.45. The van der Waals surface area contributed by atoms with Crippen LogP contribution in [-0.2, 0) is 14.3 Å². The summed E-state index contributed by atoms with van der Waals surface area (Å²) in [7, 11) is -3.28. The summed E-state index contributed by atoms with van der Waals surface area (Å²) in [6.07, 6.45) is 5.54. The minimum absolute atomic E-state index is 0.329. The molecule has 1 aliphatic rings. The first-order valence-corrected chi connectivity index (χ1v) is 8.15. The van der Waals surface area contributed by atoms with E-state index in [1.54, 1.807) is 0 Å². The van der Waals surface area contributed by atoms with Gasteiger partial charge in [0.05, 0.1) is 12.9 Å². The second-order valence-corrected chi connectivity index (χ2v) is 8.74. The van der Waals surface area contributed by atoms with Gasteiger partial charge in [0.25, 0.3) is 10.1 Å². The molecule has 1 rings (SSSR count). The zero-order valence-corrected chi connectivity index (χ0v) is 12.6. The third-order valence-electron chi connectivity index (χ3n) is 3.46. The van der Waals surface area contributed by atoms with Crippen molar-refractivity contribution in [3.05, 3.63) is 0 Å². The van der Waals surface area contributed by atoms with Crippen molar-refractivity contribution in [3.8, 4) is 0 Å². The molecule has 0 heterocycles. The summed E-state index contributed by atoms with van der Waals surface area (Å²) in [6.45, 7) is 9.54. The Kier molecular flexibility index (Phi) is 4.30. The maximum Gasteiger partial charge on any atom is 0.264 e. The van der Waals surface area contributed by atoms with Crippen LogP contribution in [0.25, 0.3) is 0 Å². The van der Waals surface area contributed by atoms with Gasteiger partial charge in [-0.25, -0.2) is 0 Å². The fourth-order valence-electron chi connectivity index (χ4n) is 3.65. The van der Waals surface area contributed by atoms with Gasteiger partial charge in [-0.15, -0.1) is 0 Å². The summed E-state index contributed by atoms with van der Waals surface area (Å²) in [4.78, 5) is 0. The maximum atomic E-state index is 10.9. The molecule has 0 atom stereocenters. The van der Waals surface area contributed by atoms with Crippen LogP contribution >= 0.6 is 0 Å². The van der Waals surface area contributed by atoms with E-state index in [4.69, 9.17) is 4.18 Å². The van der Waals surface area contributed by atoms with E-state index >= 15 is 0 Å². The molecule has 17 heavy (non-hydrogen) atoms. The lowest BCUT2D eigenvalue weighted by Crippen LogP contribution is -2.34. The molecule has 102 valence electrons. The Balaban J connectivity index is 2.49. The average Bonchev–Trinajstić information content (AvgIpc) is 1.93. The Bertz CT molecular complexity index is 339. The van der Waals surface area contributed by atoms with Gasteiger partial charge in [0, 0.05) is 0 Å². The predicted molar refractivity (Wildman–Crippen MR) is 70.3 cm³/mol. The van der Waals surface area contributed by atoms with E-state index in [2.05, 4.69) is 27.7 Å². The topological polar surface area (TPSA) is 43.4 Å². The van der Waals surface area contributed by atoms with Gasteiger partial charge in [0.15, 0.2) is 0 Å². The summed E-state index contributed by atoms with van der Waals surface area (Å²) in [5, 5.41) is 0. The summed E-state index contributed by atoms with van der Waals surface area (Å²) >= 11 is 0. The summed E-state index contributed by atoms with van der Waals surface area (Å²) < 4.78 is 26.7. The van der Waals surface area contributed by atoms with Crippen LogP contribution in [0, 0.1) is 16.7 Å². The van der Waals surface area contributed by atoms with Crippen LogP contribution < -0.4 is 0 Å². The summed E-state index contributed by atoms with van der Waals surface area (Å²) in [5.41, 5.74) is 0.717. The molecule has 1 fully saturated rings. The number of rotatable bonds is 4. The minimum atomic E-state index is -3.28. The first-order chi connectivity index (χ1) is 7.49. The molecule has 3 nitrogen and oxygen atoms in total. The Morgan fingerprint density at radius 3 is 2.00 bits per heavy atom. The third-order valence-corrected chi connectivity index (χ3v) is 4.06. The Labute approximate surface area is 106 Å². The molecule has 0 spiro atoms. The fraction of sp³-hybridized carbons (Fsp3) is 1.00. The van der Waals surface area contributed by atoms with Crippen LogP contribution in [-0.4, -0.2) is 21.3 Å². The van der Waals surface area contributed by atoms with Gasteiger partial charge in [0.2, 0.25) is 0 Å². The standard InChI is InChI=1S/C13H26O3S/c1-12(2)8-11(9-13(3,4)10-12)6-7-16-17(5,14)15/h11H,6-10H2,1-5H3. The molecule has 0 saturated heterocycles. The van der Waals surface area contributed by atoms with Gasteiger partial charge >= 0.3 is 0 Å². The third kappa shape index (κ3) is 5.87. The molecule has 0 N–H and O–H groups in total. The van der Waals surface area contributed by atoms with Gasteiger partial charge in [-0.3, -0.25) is 4.18 Å². The second kappa shape index (κ2) is 4.88. The van der Waals surface area contributed by atoms with Gasteiger partial charge in [-0.1, -0.05) is 27.7 Å². The van der Waals surface area contributed by atoms with Crippen LogP contribution in [0.1, 0.15) is 53.4 Å². The van der Waals surface area contributed by atoms with Gasteiger partial charge in [0.1, 0.15) is 0 Å². The molecule has 0 aromatic carbocycles. The molecule has 0 aromatic heterocycles. The van der Waals surface area contributed by atoms with Crippen LogP contribution in [0.4, 0.5) is 0 Å². The van der Waals surface area contributed by atoms with E-state index in [0.29, 0.717) is 23.4 Å². The van der Waals surface area contributed by atoms with Crippen molar-refractivity contribution in [2.24, 2.45) is 16.7 Å². The largest absolute Gasteiger partial charge is 0.270 e. The highest BCUT2D eigenvalue weighted by Gasteiger charge is 2.38. The van der Waals surface area contributed by atoms with E-state index in [-0.39, 0.29) is 0 Å². The second-order valence-electron chi connectivity index (χ2n) is 7.09. The van der Waals surface area contributed by atoms with Crippen molar-refractivity contribution in [1.82, 2.24) is 0 Å². The van der Waals surface area contributed by atoms with E-state index in [1.165, 1.54) is 19.3 Å². The molecule has 0 bridgehead atoms. The lowest BCUT2D eigenvalue weighted by atomic mass is 9.61. The predicted octanol–water partition coefficient (Wildman–Crippen LogP) is 3.21. The normalized spacial score (nSPS) is 24.8. The summed E-state index contributed by atoms with van der Waals surface area (Å²) in [5.74, 6) is 0.579. The van der Waals surface area contributed by atoms with Crippen LogP contribution in [0.3, 0.4) is 0 Å². The highest BCUT2D eigenvalue weighted by Crippen LogP contribution is 2.49. The van der Waals surface area contributed by atoms with Crippen molar-refractivity contribution in [3.63, 3.8) is 0 Å². The maximum absolute atomic E-state index is 10.9. The van der Waals surface area contributed by atoms with Crippen molar-refractivity contribution < 1.29 is 12.6 Å². The minimum Gasteiger partial charge on any atom is -0.270 e. The highest BCUT2D eigenvalue weighted by molar-refractivity contribution is 7.85. The van der Waals surface area contributed by atoms with Gasteiger partial charge in [-0.05, 0) is 42.4 Å². The smallest absolute Gasteiger partial charge is 0.264 e. The Morgan fingerprint density at radius 1 is 1.12 bits per heavy atom. The summed E-state index contributed by atoms with van der Waals surface area (Å²) in [6, 6.07) is 0. The number of hydrogen-bond donors (Lipinski definition) is 0. The van der Waals surface area contributed by atoms with Gasteiger partial charge < -0.3 is 0 Å².